The van der Waals surface area contributed by atoms with Crippen molar-refractivity contribution in [3.63, 3.8) is 0 Å². The molecule has 15 heavy (non-hydrogen) atoms. The minimum Gasteiger partial charge on any atom is -0.358 e. The summed E-state index contributed by atoms with van der Waals surface area (Å²) in [6, 6.07) is 0. The van der Waals surface area contributed by atoms with Gasteiger partial charge in [0.2, 0.25) is 0 Å². The van der Waals surface area contributed by atoms with Crippen LogP contribution in [0.1, 0.15) is 51.1 Å². The van der Waals surface area contributed by atoms with E-state index in [9.17, 15) is 0 Å². The summed E-state index contributed by atoms with van der Waals surface area (Å²) in [6.07, 6.45) is 10.8. The van der Waals surface area contributed by atoms with Crippen LogP contribution >= 0.6 is 24.0 Å². The number of rotatable bonds is 7. The third kappa shape index (κ3) is 9.88. The molecule has 3 nitrogen and oxygen atoms in total. The van der Waals surface area contributed by atoms with Crippen LogP contribution in [0, 0.1) is 0 Å². The summed E-state index contributed by atoms with van der Waals surface area (Å²) in [7, 11) is 0. The van der Waals surface area contributed by atoms with Gasteiger partial charge >= 0.3 is 0 Å². The van der Waals surface area contributed by atoms with E-state index in [0.29, 0.717) is 0 Å². The molecule has 1 aromatic rings. The Balaban J connectivity index is 0. The van der Waals surface area contributed by atoms with Crippen LogP contribution in [0.15, 0.2) is 6.20 Å². The van der Waals surface area contributed by atoms with Crippen molar-refractivity contribution in [3.8, 4) is 0 Å². The van der Waals surface area contributed by atoms with Crippen LogP contribution < -0.4 is 5.10 Å². The molecule has 0 N–H and O–H groups in total. The molecule has 85 valence electrons. The Labute approximate surface area is 134 Å². The van der Waals surface area contributed by atoms with E-state index in [-0.39, 0.29) is 56.7 Å². The Bertz CT molecular complexity index is 204. The molecule has 0 saturated carbocycles. The zero-order valence-electron chi connectivity index (χ0n) is 9.35. The van der Waals surface area contributed by atoms with Crippen molar-refractivity contribution in [1.29, 1.82) is 0 Å². The van der Waals surface area contributed by atoms with Gasteiger partial charge in [-0.15, -0.1) is 24.0 Å². The van der Waals surface area contributed by atoms with E-state index in [0.717, 1.165) is 12.1 Å². The normalized spacial score (nSPS) is 9.13. The van der Waals surface area contributed by atoms with Crippen LogP contribution in [0.2, 0.25) is 0 Å². The summed E-state index contributed by atoms with van der Waals surface area (Å²) in [4.78, 5) is 0. The first-order valence-electron chi connectivity index (χ1n) is 5.23. The number of hydrogen-bond acceptors (Lipinski definition) is 2. The molecule has 0 unspecified atom stereocenters. The minimum absolute atomic E-state index is 0. The van der Waals surface area contributed by atoms with Gasteiger partial charge in [-0.25, -0.2) is 0 Å². The Morgan fingerprint density at radius 2 is 1.80 bits per heavy atom. The molecular weight excluding hydrogens is 378 g/mol. The molecule has 0 fully saturated rings. The Morgan fingerprint density at radius 1 is 1.13 bits per heavy atom. The third-order valence-electron chi connectivity index (χ3n) is 2.22. The molecule has 1 aromatic heterocycles. The summed E-state index contributed by atoms with van der Waals surface area (Å²) < 4.78 is 0. The molecule has 0 atom stereocenters. The average Bonchev–Trinajstić information content (AvgIpc) is 2.63. The van der Waals surface area contributed by atoms with Crippen molar-refractivity contribution < 1.29 is 32.7 Å². The van der Waals surface area contributed by atoms with Crippen molar-refractivity contribution >= 4 is 24.0 Å². The van der Waals surface area contributed by atoms with Crippen LogP contribution in [-0.2, 0) is 39.1 Å². The zero-order valence-corrected chi connectivity index (χ0v) is 14.5. The monoisotopic (exact) mass is 397 g/mol. The van der Waals surface area contributed by atoms with Crippen molar-refractivity contribution in [2.24, 2.45) is 0 Å². The molecule has 1 heterocycles. The van der Waals surface area contributed by atoms with E-state index in [1.54, 1.807) is 6.20 Å². The quantitative estimate of drug-likeness (QED) is 0.525. The minimum atomic E-state index is 0. The molecule has 1 rings (SSSR count). The van der Waals surface area contributed by atoms with Gasteiger partial charge in [0, 0.05) is 32.7 Å². The van der Waals surface area contributed by atoms with Crippen molar-refractivity contribution in [2.75, 3.05) is 0 Å². The van der Waals surface area contributed by atoms with Gasteiger partial charge in [0.1, 0.15) is 0 Å². The van der Waals surface area contributed by atoms with Crippen molar-refractivity contribution in [1.82, 2.24) is 15.4 Å². The first-order chi connectivity index (χ1) is 6.43. The fourth-order valence-corrected chi connectivity index (χ4v) is 1.40. The molecule has 5 heteroatoms. The van der Waals surface area contributed by atoms with E-state index in [1.165, 1.54) is 38.5 Å². The molecule has 0 amide bonds. The van der Waals surface area contributed by atoms with Crippen molar-refractivity contribution in [2.45, 2.75) is 51.9 Å². The van der Waals surface area contributed by atoms with E-state index >= 15 is 0 Å². The first-order valence-corrected chi connectivity index (χ1v) is 5.23. The van der Waals surface area contributed by atoms with Gasteiger partial charge in [-0.2, -0.15) is 0 Å². The van der Waals surface area contributed by atoms with Gasteiger partial charge in [-0.05, 0) is 12.8 Å². The molecule has 0 aromatic carbocycles. The second kappa shape index (κ2) is 13.0. The second-order valence-electron chi connectivity index (χ2n) is 3.44. The van der Waals surface area contributed by atoms with E-state index < -0.39 is 0 Å². The number of unbranched alkanes of at least 4 members (excludes halogenated alkanes) is 5. The van der Waals surface area contributed by atoms with E-state index in [1.807, 2.05) is 0 Å². The molecule has 1 radical (unpaired) electrons. The summed E-state index contributed by atoms with van der Waals surface area (Å²) in [5.74, 6) is 0. The molecule has 0 saturated heterocycles. The average molecular weight is 397 g/mol. The van der Waals surface area contributed by atoms with Gasteiger partial charge in [-0.3, -0.25) is 5.21 Å². The van der Waals surface area contributed by atoms with Crippen LogP contribution in [0.25, 0.3) is 0 Å². The molecule has 0 aliphatic rings. The van der Waals surface area contributed by atoms with Gasteiger partial charge in [0.15, 0.2) is 0 Å². The van der Waals surface area contributed by atoms with Crippen LogP contribution in [0.4, 0.5) is 0 Å². The molecule has 0 aliphatic carbocycles. The summed E-state index contributed by atoms with van der Waals surface area (Å²) in [6.45, 7) is 2.24. The SMILES string of the molecule is CCCCCCCCc1c[n-]nn1.I.[Y]. The Kier molecular flexibility index (Phi) is 15.9. The fourth-order valence-electron chi connectivity index (χ4n) is 1.40. The maximum absolute atomic E-state index is 3.89. The zero-order chi connectivity index (χ0) is 9.36. The summed E-state index contributed by atoms with van der Waals surface area (Å²) in [5.41, 5.74) is 1.04. The van der Waals surface area contributed by atoms with Gasteiger partial charge in [0.25, 0.3) is 0 Å². The molecular formula is C10H19IN3Y-. The standard InChI is InChI=1S/C10H18N3.HI.Y/c1-2-3-4-5-6-7-8-10-9-11-13-12-10;;/h9H,2-8H2,1H3;1H;/q-1;;. The summed E-state index contributed by atoms with van der Waals surface area (Å²) in [5, 5.41) is 11.1. The fraction of sp³-hybridized carbons (Fsp3) is 0.800. The smallest absolute Gasteiger partial charge is 0 e. The number of aromatic nitrogens is 3. The third-order valence-corrected chi connectivity index (χ3v) is 2.22. The van der Waals surface area contributed by atoms with Gasteiger partial charge in [0.05, 0.1) is 0 Å². The first kappa shape index (κ1) is 18.3. The van der Waals surface area contributed by atoms with Crippen LogP contribution in [0.5, 0.6) is 0 Å². The number of aryl methyl sites for hydroxylation is 1. The van der Waals surface area contributed by atoms with Gasteiger partial charge in [-0.1, -0.05) is 50.9 Å². The van der Waals surface area contributed by atoms with E-state index in [4.69, 9.17) is 0 Å². The second-order valence-corrected chi connectivity index (χ2v) is 3.44. The van der Waals surface area contributed by atoms with Gasteiger partial charge < -0.3 is 10.2 Å². The topological polar surface area (TPSA) is 39.9 Å². The predicted octanol–water partition coefficient (Wildman–Crippen LogP) is 2.95. The molecule has 0 spiro atoms. The van der Waals surface area contributed by atoms with Crippen LogP contribution in [-0.4, -0.2) is 10.3 Å². The van der Waals surface area contributed by atoms with Crippen molar-refractivity contribution in [3.05, 3.63) is 11.9 Å². The van der Waals surface area contributed by atoms with E-state index in [2.05, 4.69) is 22.3 Å². The number of hydrogen-bond donors (Lipinski definition) is 0. The number of nitrogens with zero attached hydrogens (tertiary/aromatic N) is 3. The summed E-state index contributed by atoms with van der Waals surface area (Å²) >= 11 is 0. The number of halogens is 1. The van der Waals surface area contributed by atoms with Crippen LogP contribution in [0.3, 0.4) is 0 Å². The maximum atomic E-state index is 3.89. The Hall–Kier alpha value is 0.974. The Morgan fingerprint density at radius 3 is 2.40 bits per heavy atom. The molecule has 0 aliphatic heterocycles. The molecule has 0 bridgehead atoms. The largest absolute Gasteiger partial charge is 0.358 e. The predicted molar refractivity (Wildman–Crippen MR) is 67.8 cm³/mol. The maximum Gasteiger partial charge on any atom is 0 e.